The fourth-order valence-corrected chi connectivity index (χ4v) is 3.06. The zero-order valence-corrected chi connectivity index (χ0v) is 13.4. The van der Waals surface area contributed by atoms with Crippen molar-refractivity contribution in [2.24, 2.45) is 7.05 Å². The molecule has 1 amide bonds. The predicted octanol–water partition coefficient (Wildman–Crippen LogP) is 1.66. The highest BCUT2D eigenvalue weighted by Gasteiger charge is 2.17. The molecular formula is C16H16N4O2S. The molecule has 1 atom stereocenters. The summed E-state index contributed by atoms with van der Waals surface area (Å²) in [6.07, 6.45) is 5.18. The van der Waals surface area contributed by atoms with Crippen LogP contribution in [0.2, 0.25) is 0 Å². The quantitative estimate of drug-likeness (QED) is 0.774. The second-order valence-electron chi connectivity index (χ2n) is 5.11. The maximum Gasteiger partial charge on any atom is 0.263 e. The SMILES string of the molecule is Cn1cccc(C(=O)NC[C@@H](c2ccsc2)n2cccn2)c1=O. The zero-order chi connectivity index (χ0) is 16.2. The minimum absolute atomic E-state index is 0.104. The van der Waals surface area contributed by atoms with Gasteiger partial charge in [0, 0.05) is 32.2 Å². The Bertz CT molecular complexity index is 803. The van der Waals surface area contributed by atoms with E-state index >= 15 is 0 Å². The second-order valence-corrected chi connectivity index (χ2v) is 5.89. The Kier molecular flexibility index (Phi) is 4.38. The van der Waals surface area contributed by atoms with Crippen LogP contribution in [0, 0.1) is 0 Å². The molecule has 0 saturated heterocycles. The van der Waals surface area contributed by atoms with Gasteiger partial charge in [0.15, 0.2) is 0 Å². The lowest BCUT2D eigenvalue weighted by Gasteiger charge is -2.17. The van der Waals surface area contributed by atoms with E-state index < -0.39 is 0 Å². The van der Waals surface area contributed by atoms with E-state index in [0.29, 0.717) is 6.54 Å². The highest BCUT2D eigenvalue weighted by Crippen LogP contribution is 2.19. The average molecular weight is 328 g/mol. The van der Waals surface area contributed by atoms with Crippen LogP contribution in [0.25, 0.3) is 0 Å². The van der Waals surface area contributed by atoms with Crippen LogP contribution in [0.4, 0.5) is 0 Å². The molecule has 3 heterocycles. The molecule has 0 fully saturated rings. The number of hydrogen-bond donors (Lipinski definition) is 1. The Labute approximate surface area is 137 Å². The largest absolute Gasteiger partial charge is 0.349 e. The third kappa shape index (κ3) is 3.24. The molecule has 0 spiro atoms. The molecule has 118 valence electrons. The van der Waals surface area contributed by atoms with E-state index in [0.717, 1.165) is 5.56 Å². The lowest BCUT2D eigenvalue weighted by molar-refractivity contribution is 0.0947. The van der Waals surface area contributed by atoms with Crippen molar-refractivity contribution in [3.63, 3.8) is 0 Å². The van der Waals surface area contributed by atoms with Gasteiger partial charge in [-0.05, 0) is 40.6 Å². The molecule has 7 heteroatoms. The van der Waals surface area contributed by atoms with Crippen LogP contribution >= 0.6 is 11.3 Å². The second kappa shape index (κ2) is 6.62. The fraction of sp³-hybridized carbons (Fsp3) is 0.188. The van der Waals surface area contributed by atoms with E-state index in [1.807, 2.05) is 29.1 Å². The number of hydrogen-bond acceptors (Lipinski definition) is 4. The summed E-state index contributed by atoms with van der Waals surface area (Å²) >= 11 is 1.59. The van der Waals surface area contributed by atoms with Crippen LogP contribution in [-0.2, 0) is 7.05 Å². The van der Waals surface area contributed by atoms with E-state index in [9.17, 15) is 9.59 Å². The van der Waals surface area contributed by atoms with Crippen LogP contribution < -0.4 is 10.9 Å². The molecule has 0 unspecified atom stereocenters. The lowest BCUT2D eigenvalue weighted by atomic mass is 10.1. The first-order chi connectivity index (χ1) is 11.2. The fourth-order valence-electron chi connectivity index (χ4n) is 2.35. The molecule has 0 saturated carbocycles. The number of thiophene rings is 1. The molecule has 6 nitrogen and oxygen atoms in total. The van der Waals surface area contributed by atoms with Gasteiger partial charge < -0.3 is 9.88 Å². The Morgan fingerprint density at radius 3 is 2.91 bits per heavy atom. The minimum Gasteiger partial charge on any atom is -0.349 e. The highest BCUT2D eigenvalue weighted by molar-refractivity contribution is 7.07. The van der Waals surface area contributed by atoms with E-state index in [2.05, 4.69) is 10.4 Å². The first-order valence-corrected chi connectivity index (χ1v) is 8.06. The van der Waals surface area contributed by atoms with Gasteiger partial charge >= 0.3 is 0 Å². The number of aryl methyl sites for hydroxylation is 1. The topological polar surface area (TPSA) is 68.9 Å². The summed E-state index contributed by atoms with van der Waals surface area (Å²) in [7, 11) is 1.62. The lowest BCUT2D eigenvalue weighted by Crippen LogP contribution is -2.35. The minimum atomic E-state index is -0.376. The standard InChI is InChI=1S/C16H16N4O2S/c1-19-7-2-4-13(16(19)22)15(21)17-10-14(12-5-9-23-11-12)20-8-3-6-18-20/h2-9,11,14H,10H2,1H3,(H,17,21)/t14-/m0/s1. The molecule has 3 rings (SSSR count). The van der Waals surface area contributed by atoms with Crippen LogP contribution in [0.5, 0.6) is 0 Å². The number of carbonyl (C=O) groups is 1. The van der Waals surface area contributed by atoms with Gasteiger partial charge in [-0.3, -0.25) is 14.3 Å². The summed E-state index contributed by atoms with van der Waals surface area (Å²) in [5.74, 6) is -0.376. The first kappa shape index (κ1) is 15.2. The molecule has 23 heavy (non-hydrogen) atoms. The highest BCUT2D eigenvalue weighted by atomic mass is 32.1. The number of carbonyl (C=O) groups excluding carboxylic acids is 1. The summed E-state index contributed by atoms with van der Waals surface area (Å²) in [6, 6.07) is 6.96. The van der Waals surface area contributed by atoms with Gasteiger partial charge in [0.25, 0.3) is 11.5 Å². The molecule has 0 aliphatic rings. The van der Waals surface area contributed by atoms with Gasteiger partial charge in [0.05, 0.1) is 6.04 Å². The zero-order valence-electron chi connectivity index (χ0n) is 12.5. The monoisotopic (exact) mass is 328 g/mol. The van der Waals surface area contributed by atoms with Crippen LogP contribution in [0.1, 0.15) is 22.0 Å². The van der Waals surface area contributed by atoms with Crippen molar-refractivity contribution in [1.82, 2.24) is 19.7 Å². The van der Waals surface area contributed by atoms with Crippen molar-refractivity contribution in [3.8, 4) is 0 Å². The number of pyridine rings is 1. The van der Waals surface area contributed by atoms with Crippen molar-refractivity contribution in [3.05, 3.63) is 75.1 Å². The van der Waals surface area contributed by atoms with Crippen LogP contribution in [0.15, 0.2) is 58.4 Å². The summed E-state index contributed by atoms with van der Waals surface area (Å²) in [5.41, 5.74) is 0.899. The van der Waals surface area contributed by atoms with Crippen LogP contribution in [0.3, 0.4) is 0 Å². The first-order valence-electron chi connectivity index (χ1n) is 7.12. The van der Waals surface area contributed by atoms with Crippen molar-refractivity contribution in [2.45, 2.75) is 6.04 Å². The summed E-state index contributed by atoms with van der Waals surface area (Å²) < 4.78 is 3.18. The smallest absolute Gasteiger partial charge is 0.263 e. The van der Waals surface area contributed by atoms with Gasteiger partial charge in [-0.15, -0.1) is 0 Å². The van der Waals surface area contributed by atoms with Crippen molar-refractivity contribution < 1.29 is 4.79 Å². The molecule has 3 aromatic heterocycles. The third-order valence-electron chi connectivity index (χ3n) is 3.60. The Morgan fingerprint density at radius 1 is 1.35 bits per heavy atom. The Hall–Kier alpha value is -2.67. The van der Waals surface area contributed by atoms with Gasteiger partial charge in [-0.1, -0.05) is 0 Å². The van der Waals surface area contributed by atoms with Gasteiger partial charge in [0.1, 0.15) is 5.56 Å². The van der Waals surface area contributed by atoms with E-state index in [4.69, 9.17) is 0 Å². The normalized spacial score (nSPS) is 12.0. The van der Waals surface area contributed by atoms with Crippen molar-refractivity contribution >= 4 is 17.2 Å². The summed E-state index contributed by atoms with van der Waals surface area (Å²) in [4.78, 5) is 24.3. The molecular weight excluding hydrogens is 312 g/mol. The van der Waals surface area contributed by atoms with Crippen molar-refractivity contribution in [1.29, 1.82) is 0 Å². The predicted molar refractivity (Wildman–Crippen MR) is 88.7 cm³/mol. The number of rotatable bonds is 5. The maximum absolute atomic E-state index is 12.3. The van der Waals surface area contributed by atoms with E-state index in [1.54, 1.807) is 41.5 Å². The number of aromatic nitrogens is 3. The van der Waals surface area contributed by atoms with Crippen molar-refractivity contribution in [2.75, 3.05) is 6.54 Å². The number of amides is 1. The van der Waals surface area contributed by atoms with E-state index in [-0.39, 0.29) is 23.1 Å². The molecule has 3 aromatic rings. The maximum atomic E-state index is 12.3. The summed E-state index contributed by atoms with van der Waals surface area (Å²) in [5, 5.41) is 11.1. The molecule has 0 bridgehead atoms. The third-order valence-corrected chi connectivity index (χ3v) is 4.30. The van der Waals surface area contributed by atoms with Gasteiger partial charge in [-0.2, -0.15) is 16.4 Å². The molecule has 0 radical (unpaired) electrons. The van der Waals surface area contributed by atoms with Crippen LogP contribution in [-0.4, -0.2) is 26.8 Å². The summed E-state index contributed by atoms with van der Waals surface area (Å²) in [6.45, 7) is 0.356. The number of nitrogens with zero attached hydrogens (tertiary/aromatic N) is 3. The molecule has 0 aliphatic heterocycles. The number of nitrogens with one attached hydrogen (secondary N) is 1. The molecule has 1 N–H and O–H groups in total. The Balaban J connectivity index is 1.78. The molecule has 0 aliphatic carbocycles. The van der Waals surface area contributed by atoms with E-state index in [1.165, 1.54) is 10.6 Å². The van der Waals surface area contributed by atoms with Gasteiger partial charge in [-0.25, -0.2) is 0 Å². The Morgan fingerprint density at radius 2 is 2.22 bits per heavy atom. The van der Waals surface area contributed by atoms with Gasteiger partial charge in [0.2, 0.25) is 0 Å². The average Bonchev–Trinajstić information content (AvgIpc) is 3.24. The molecule has 0 aromatic carbocycles.